The van der Waals surface area contributed by atoms with Crippen LogP contribution in [0.5, 0.6) is 5.75 Å². The maximum absolute atomic E-state index is 13.9. The van der Waals surface area contributed by atoms with Crippen LogP contribution in [0.2, 0.25) is 0 Å². The highest BCUT2D eigenvalue weighted by Crippen LogP contribution is 2.35. The third-order valence-corrected chi connectivity index (χ3v) is 7.75. The van der Waals surface area contributed by atoms with Gasteiger partial charge in [-0.2, -0.15) is 0 Å². The summed E-state index contributed by atoms with van der Waals surface area (Å²) in [7, 11) is 2.88. The molecule has 41 heavy (non-hydrogen) atoms. The number of fused-ring (bicyclic) bond motifs is 1. The van der Waals surface area contributed by atoms with Crippen LogP contribution in [0.25, 0.3) is 17.4 Å². The van der Waals surface area contributed by atoms with Gasteiger partial charge in [0.15, 0.2) is 4.80 Å². The number of hydrogen-bond donors (Lipinski definition) is 0. The minimum absolute atomic E-state index is 0.185. The molecular weight excluding hydrogens is 544 g/mol. The molecule has 1 aliphatic heterocycles. The van der Waals surface area contributed by atoms with Gasteiger partial charge in [-0.05, 0) is 56.7 Å². The molecule has 0 spiro atoms. The number of ether oxygens (including phenoxy) is 3. The van der Waals surface area contributed by atoms with E-state index >= 15 is 0 Å². The Labute approximate surface area is 239 Å². The van der Waals surface area contributed by atoms with E-state index in [1.165, 1.54) is 23.0 Å². The summed E-state index contributed by atoms with van der Waals surface area (Å²) in [5.74, 6) is 0.640. The number of methoxy groups -OCH3 is 2. The Kier molecular flexibility index (Phi) is 7.76. The van der Waals surface area contributed by atoms with Gasteiger partial charge in [-0.1, -0.05) is 35.6 Å². The molecule has 0 radical (unpaired) electrons. The van der Waals surface area contributed by atoms with E-state index in [0.717, 1.165) is 11.1 Å². The van der Waals surface area contributed by atoms with Gasteiger partial charge in [-0.25, -0.2) is 14.6 Å². The second-order valence-electron chi connectivity index (χ2n) is 9.27. The van der Waals surface area contributed by atoms with Crippen molar-refractivity contribution in [2.45, 2.75) is 26.8 Å². The lowest BCUT2D eigenvalue weighted by Gasteiger charge is -2.25. The molecule has 0 saturated heterocycles. The Balaban J connectivity index is 1.61. The van der Waals surface area contributed by atoms with Crippen molar-refractivity contribution in [1.82, 2.24) is 4.57 Å². The summed E-state index contributed by atoms with van der Waals surface area (Å²) in [6.45, 7) is 5.53. The monoisotopic (exact) mass is 572 g/mol. The SMILES string of the molecule is CCOC(=O)C1=C(C)N=c2s/c(=C/c3ccc(-c4ccc(C(=O)OC)cc4C)o3)c(=O)n2[C@H]1c1ccccc1OC. The Bertz CT molecular complexity index is 1880. The fourth-order valence-electron chi connectivity index (χ4n) is 4.87. The van der Waals surface area contributed by atoms with Gasteiger partial charge in [-0.3, -0.25) is 9.36 Å². The summed E-state index contributed by atoms with van der Waals surface area (Å²) < 4.78 is 23.7. The van der Waals surface area contributed by atoms with Crippen LogP contribution >= 0.6 is 11.3 Å². The number of esters is 2. The van der Waals surface area contributed by atoms with Crippen LogP contribution in [0, 0.1) is 6.92 Å². The molecule has 0 amide bonds. The molecule has 0 bridgehead atoms. The van der Waals surface area contributed by atoms with E-state index in [2.05, 4.69) is 4.99 Å². The number of aromatic nitrogens is 1. The molecule has 5 rings (SSSR count). The number of aryl methyl sites for hydroxylation is 1. The maximum Gasteiger partial charge on any atom is 0.338 e. The topological polar surface area (TPSA) is 109 Å². The minimum Gasteiger partial charge on any atom is -0.496 e. The van der Waals surface area contributed by atoms with Crippen molar-refractivity contribution in [3.63, 3.8) is 0 Å². The number of furan rings is 1. The summed E-state index contributed by atoms with van der Waals surface area (Å²) in [6.07, 6.45) is 1.66. The molecular formula is C31H28N2O7S. The van der Waals surface area contributed by atoms with Crippen LogP contribution in [0.4, 0.5) is 0 Å². The van der Waals surface area contributed by atoms with Crippen molar-refractivity contribution in [2.24, 2.45) is 4.99 Å². The minimum atomic E-state index is -0.785. The zero-order chi connectivity index (χ0) is 29.3. The fourth-order valence-corrected chi connectivity index (χ4v) is 5.89. The van der Waals surface area contributed by atoms with E-state index < -0.39 is 18.0 Å². The van der Waals surface area contributed by atoms with Crippen molar-refractivity contribution >= 4 is 29.4 Å². The van der Waals surface area contributed by atoms with E-state index in [1.807, 2.05) is 31.2 Å². The summed E-state index contributed by atoms with van der Waals surface area (Å²) >= 11 is 1.21. The van der Waals surface area contributed by atoms with Crippen LogP contribution in [-0.4, -0.2) is 37.3 Å². The van der Waals surface area contributed by atoms with Crippen molar-refractivity contribution in [2.75, 3.05) is 20.8 Å². The van der Waals surface area contributed by atoms with Crippen LogP contribution < -0.4 is 19.6 Å². The number of para-hydroxylation sites is 1. The predicted octanol–water partition coefficient (Wildman–Crippen LogP) is 4.16. The van der Waals surface area contributed by atoms with E-state index in [1.54, 1.807) is 57.4 Å². The third kappa shape index (κ3) is 5.14. The van der Waals surface area contributed by atoms with Crippen LogP contribution in [0.3, 0.4) is 0 Å². The first kappa shape index (κ1) is 27.9. The summed E-state index contributed by atoms with van der Waals surface area (Å²) in [5, 5.41) is 0. The van der Waals surface area contributed by atoms with E-state index in [0.29, 0.717) is 43.4 Å². The number of carbonyl (C=O) groups is 2. The first-order chi connectivity index (χ1) is 19.8. The number of carbonyl (C=O) groups excluding carboxylic acids is 2. The highest BCUT2D eigenvalue weighted by atomic mass is 32.1. The van der Waals surface area contributed by atoms with Crippen LogP contribution in [-0.2, 0) is 14.3 Å². The Morgan fingerprint density at radius 2 is 1.85 bits per heavy atom. The maximum atomic E-state index is 13.9. The fraction of sp³-hybridized carbons (Fsp3) is 0.226. The molecule has 0 saturated carbocycles. The average molecular weight is 573 g/mol. The van der Waals surface area contributed by atoms with Crippen molar-refractivity contribution in [3.05, 3.63) is 108 Å². The number of thiazole rings is 1. The lowest BCUT2D eigenvalue weighted by atomic mass is 9.95. The average Bonchev–Trinajstić information content (AvgIpc) is 3.55. The molecule has 0 unspecified atom stereocenters. The standard InChI is InChI=1S/C31H28N2O7S/c1-6-39-30(36)26-18(3)32-31-33(27(26)22-9-7-8-10-23(22)37-4)28(34)25(41-31)16-20-12-14-24(40-20)21-13-11-19(15-17(21)2)29(35)38-5/h7-16,27H,6H2,1-5H3/b25-16+/t27-/m0/s1. The lowest BCUT2D eigenvalue weighted by Crippen LogP contribution is -2.40. The molecule has 9 nitrogen and oxygen atoms in total. The Morgan fingerprint density at radius 3 is 2.56 bits per heavy atom. The zero-order valence-corrected chi connectivity index (χ0v) is 24.0. The van der Waals surface area contributed by atoms with Gasteiger partial charge in [0, 0.05) is 17.2 Å². The lowest BCUT2D eigenvalue weighted by molar-refractivity contribution is -0.139. The number of allylic oxidation sites excluding steroid dienone is 1. The van der Waals surface area contributed by atoms with E-state index in [9.17, 15) is 14.4 Å². The summed E-state index contributed by atoms with van der Waals surface area (Å²) in [6, 6.07) is 15.3. The number of nitrogens with zero attached hydrogens (tertiary/aromatic N) is 2. The van der Waals surface area contributed by atoms with Gasteiger partial charge in [0.1, 0.15) is 23.3 Å². The molecule has 3 heterocycles. The first-order valence-electron chi connectivity index (χ1n) is 12.9. The summed E-state index contributed by atoms with van der Waals surface area (Å²) in [5.41, 5.74) is 3.17. The first-order valence-corrected chi connectivity index (χ1v) is 13.7. The van der Waals surface area contributed by atoms with Gasteiger partial charge >= 0.3 is 11.9 Å². The Morgan fingerprint density at radius 1 is 1.07 bits per heavy atom. The van der Waals surface area contributed by atoms with Gasteiger partial charge in [0.25, 0.3) is 5.56 Å². The third-order valence-electron chi connectivity index (χ3n) is 6.76. The van der Waals surface area contributed by atoms with Crippen molar-refractivity contribution < 1.29 is 28.2 Å². The molecule has 0 aliphatic carbocycles. The predicted molar refractivity (Wildman–Crippen MR) is 154 cm³/mol. The molecule has 4 aromatic rings. The Hall–Kier alpha value is -4.70. The van der Waals surface area contributed by atoms with Crippen molar-refractivity contribution in [1.29, 1.82) is 0 Å². The molecule has 0 N–H and O–H groups in total. The number of hydrogen-bond acceptors (Lipinski definition) is 9. The molecule has 0 fully saturated rings. The molecule has 1 aliphatic rings. The molecule has 2 aromatic heterocycles. The van der Waals surface area contributed by atoms with Crippen LogP contribution in [0.1, 0.15) is 47.1 Å². The number of rotatable bonds is 7. The largest absolute Gasteiger partial charge is 0.496 e. The highest BCUT2D eigenvalue weighted by molar-refractivity contribution is 7.07. The van der Waals surface area contributed by atoms with Gasteiger partial charge < -0.3 is 18.6 Å². The van der Waals surface area contributed by atoms with E-state index in [4.69, 9.17) is 18.6 Å². The molecule has 210 valence electrons. The molecule has 10 heteroatoms. The zero-order valence-electron chi connectivity index (χ0n) is 23.2. The molecule has 2 aromatic carbocycles. The summed E-state index contributed by atoms with van der Waals surface area (Å²) in [4.78, 5) is 43.9. The second-order valence-corrected chi connectivity index (χ2v) is 10.3. The van der Waals surface area contributed by atoms with Gasteiger partial charge in [-0.15, -0.1) is 0 Å². The highest BCUT2D eigenvalue weighted by Gasteiger charge is 2.35. The normalized spacial score (nSPS) is 14.9. The molecule has 1 atom stereocenters. The quantitative estimate of drug-likeness (QED) is 0.306. The second kappa shape index (κ2) is 11.4. The van der Waals surface area contributed by atoms with Gasteiger partial charge in [0.2, 0.25) is 0 Å². The van der Waals surface area contributed by atoms with E-state index in [-0.39, 0.29) is 17.7 Å². The van der Waals surface area contributed by atoms with Crippen LogP contribution in [0.15, 0.2) is 80.1 Å². The van der Waals surface area contributed by atoms with Crippen molar-refractivity contribution in [3.8, 4) is 17.1 Å². The van der Waals surface area contributed by atoms with Gasteiger partial charge in [0.05, 0.1) is 42.2 Å². The number of benzene rings is 2. The smallest absolute Gasteiger partial charge is 0.338 e.